The molecule has 0 N–H and O–H groups in total. The summed E-state index contributed by atoms with van der Waals surface area (Å²) in [6, 6.07) is 6.24. The van der Waals surface area contributed by atoms with Gasteiger partial charge in [-0.15, -0.1) is 12.6 Å². The normalized spacial score (nSPS) is 10.7. The maximum absolute atomic E-state index is 4.41. The number of nitrogens with zero attached hydrogens (tertiary/aromatic N) is 2. The molecule has 1 aromatic carbocycles. The fourth-order valence-corrected chi connectivity index (χ4v) is 1.92. The lowest BCUT2D eigenvalue weighted by Crippen LogP contribution is -1.98. The Hall–Kier alpha value is -1.22. The predicted octanol–water partition coefficient (Wildman–Crippen LogP) is 3.56. The standard InChI is InChI=1S/C13H16N2S/c1-3-7-15-8-6-14-13(15)11-4-5-12(16)10(2)9-11/h4-6,8-9,16H,3,7H2,1-2H3. The van der Waals surface area contributed by atoms with Gasteiger partial charge in [-0.2, -0.15) is 0 Å². The van der Waals surface area contributed by atoms with Crippen molar-refractivity contribution in [1.29, 1.82) is 0 Å². The van der Waals surface area contributed by atoms with Crippen LogP contribution in [0.2, 0.25) is 0 Å². The van der Waals surface area contributed by atoms with Crippen molar-refractivity contribution in [2.24, 2.45) is 0 Å². The van der Waals surface area contributed by atoms with Gasteiger partial charge in [0, 0.05) is 29.4 Å². The fourth-order valence-electron chi connectivity index (χ4n) is 1.79. The minimum absolute atomic E-state index is 1.01. The SMILES string of the molecule is CCCn1ccnc1-c1ccc(S)c(C)c1. The van der Waals surface area contributed by atoms with Gasteiger partial charge in [-0.05, 0) is 31.0 Å². The third kappa shape index (κ3) is 2.14. The van der Waals surface area contributed by atoms with Gasteiger partial charge in [-0.25, -0.2) is 4.98 Å². The molecule has 0 saturated heterocycles. The fraction of sp³-hybridized carbons (Fsp3) is 0.308. The molecule has 0 bridgehead atoms. The van der Waals surface area contributed by atoms with Crippen molar-refractivity contribution in [2.75, 3.05) is 0 Å². The van der Waals surface area contributed by atoms with Crippen LogP contribution >= 0.6 is 12.6 Å². The third-order valence-corrected chi connectivity index (χ3v) is 3.14. The zero-order chi connectivity index (χ0) is 11.5. The van der Waals surface area contributed by atoms with Crippen LogP contribution in [0.5, 0.6) is 0 Å². The largest absolute Gasteiger partial charge is 0.331 e. The summed E-state index contributed by atoms with van der Waals surface area (Å²) in [5.41, 5.74) is 2.35. The van der Waals surface area contributed by atoms with Crippen molar-refractivity contribution in [2.45, 2.75) is 31.7 Å². The molecule has 16 heavy (non-hydrogen) atoms. The van der Waals surface area contributed by atoms with Crippen molar-refractivity contribution in [3.63, 3.8) is 0 Å². The van der Waals surface area contributed by atoms with E-state index < -0.39 is 0 Å². The lowest BCUT2D eigenvalue weighted by molar-refractivity contribution is 0.685. The van der Waals surface area contributed by atoms with E-state index in [1.54, 1.807) is 0 Å². The molecule has 0 aliphatic heterocycles. The minimum Gasteiger partial charge on any atom is -0.331 e. The van der Waals surface area contributed by atoms with Crippen LogP contribution in [-0.4, -0.2) is 9.55 Å². The molecule has 2 aromatic rings. The zero-order valence-electron chi connectivity index (χ0n) is 9.64. The molecule has 1 heterocycles. The summed E-state index contributed by atoms with van der Waals surface area (Å²) >= 11 is 4.38. The minimum atomic E-state index is 1.01. The molecule has 3 heteroatoms. The molecule has 0 fully saturated rings. The van der Waals surface area contributed by atoms with Crippen LogP contribution in [0.4, 0.5) is 0 Å². The van der Waals surface area contributed by atoms with Gasteiger partial charge >= 0.3 is 0 Å². The quantitative estimate of drug-likeness (QED) is 0.801. The van der Waals surface area contributed by atoms with Gasteiger partial charge in [0.1, 0.15) is 5.82 Å². The van der Waals surface area contributed by atoms with Crippen molar-refractivity contribution < 1.29 is 0 Å². The van der Waals surface area contributed by atoms with Gasteiger partial charge in [-0.1, -0.05) is 13.0 Å². The maximum Gasteiger partial charge on any atom is 0.139 e. The van der Waals surface area contributed by atoms with E-state index in [1.807, 2.05) is 18.5 Å². The van der Waals surface area contributed by atoms with Gasteiger partial charge < -0.3 is 4.57 Å². The third-order valence-electron chi connectivity index (χ3n) is 2.63. The molecular formula is C13H16N2S. The second-order valence-electron chi connectivity index (χ2n) is 3.95. The molecule has 2 rings (SSSR count). The van der Waals surface area contributed by atoms with Crippen LogP contribution in [0.1, 0.15) is 18.9 Å². The van der Waals surface area contributed by atoms with E-state index >= 15 is 0 Å². The van der Waals surface area contributed by atoms with Crippen molar-refractivity contribution in [3.8, 4) is 11.4 Å². The van der Waals surface area contributed by atoms with Gasteiger partial charge in [0.05, 0.1) is 0 Å². The number of hydrogen-bond donors (Lipinski definition) is 1. The van der Waals surface area contributed by atoms with Crippen LogP contribution in [-0.2, 0) is 6.54 Å². The van der Waals surface area contributed by atoms with Crippen molar-refractivity contribution >= 4 is 12.6 Å². The molecule has 0 saturated carbocycles. The van der Waals surface area contributed by atoms with E-state index in [-0.39, 0.29) is 0 Å². The molecule has 0 unspecified atom stereocenters. The molecule has 0 atom stereocenters. The summed E-state index contributed by atoms with van der Waals surface area (Å²) in [6.07, 6.45) is 5.00. The number of rotatable bonds is 3. The molecule has 0 aliphatic rings. The lowest BCUT2D eigenvalue weighted by atomic mass is 10.1. The number of imidazole rings is 1. The number of hydrogen-bond acceptors (Lipinski definition) is 2. The van der Waals surface area contributed by atoms with Gasteiger partial charge in [0.2, 0.25) is 0 Å². The molecule has 2 nitrogen and oxygen atoms in total. The topological polar surface area (TPSA) is 17.8 Å². The number of benzene rings is 1. The number of aryl methyl sites for hydroxylation is 2. The Balaban J connectivity index is 2.42. The summed E-state index contributed by atoms with van der Waals surface area (Å²) in [4.78, 5) is 5.44. The van der Waals surface area contributed by atoms with E-state index in [0.29, 0.717) is 0 Å². The number of aromatic nitrogens is 2. The molecule has 0 aliphatic carbocycles. The van der Waals surface area contributed by atoms with E-state index in [9.17, 15) is 0 Å². The maximum atomic E-state index is 4.41. The second kappa shape index (κ2) is 4.74. The molecule has 84 valence electrons. The lowest BCUT2D eigenvalue weighted by Gasteiger charge is -2.07. The summed E-state index contributed by atoms with van der Waals surface area (Å²) in [5.74, 6) is 1.04. The summed E-state index contributed by atoms with van der Waals surface area (Å²) in [7, 11) is 0. The van der Waals surface area contributed by atoms with E-state index in [2.05, 4.69) is 48.2 Å². The zero-order valence-corrected chi connectivity index (χ0v) is 10.5. The predicted molar refractivity (Wildman–Crippen MR) is 69.9 cm³/mol. The van der Waals surface area contributed by atoms with E-state index in [1.165, 1.54) is 5.56 Å². The Morgan fingerprint density at radius 2 is 2.19 bits per heavy atom. The first-order valence-electron chi connectivity index (χ1n) is 5.53. The van der Waals surface area contributed by atoms with Crippen molar-refractivity contribution in [3.05, 3.63) is 36.2 Å². The highest BCUT2D eigenvalue weighted by atomic mass is 32.1. The Kier molecular flexibility index (Phi) is 3.34. The second-order valence-corrected chi connectivity index (χ2v) is 4.43. The Morgan fingerprint density at radius 1 is 1.38 bits per heavy atom. The summed E-state index contributed by atoms with van der Waals surface area (Å²) < 4.78 is 2.19. The molecule has 0 radical (unpaired) electrons. The average molecular weight is 232 g/mol. The first kappa shape index (κ1) is 11.3. The van der Waals surface area contributed by atoms with E-state index in [0.717, 1.165) is 29.2 Å². The molecular weight excluding hydrogens is 216 g/mol. The Bertz CT molecular complexity index is 488. The first-order valence-corrected chi connectivity index (χ1v) is 5.98. The smallest absolute Gasteiger partial charge is 0.139 e. The van der Waals surface area contributed by atoms with Crippen LogP contribution in [0, 0.1) is 6.92 Å². The van der Waals surface area contributed by atoms with Crippen molar-refractivity contribution in [1.82, 2.24) is 9.55 Å². The Labute approximate surface area is 102 Å². The van der Waals surface area contributed by atoms with Crippen LogP contribution in [0.3, 0.4) is 0 Å². The van der Waals surface area contributed by atoms with Gasteiger partial charge in [0.25, 0.3) is 0 Å². The van der Waals surface area contributed by atoms with Gasteiger partial charge in [-0.3, -0.25) is 0 Å². The highest BCUT2D eigenvalue weighted by Gasteiger charge is 2.06. The van der Waals surface area contributed by atoms with Crippen LogP contribution in [0.15, 0.2) is 35.5 Å². The summed E-state index contributed by atoms with van der Waals surface area (Å²) in [5, 5.41) is 0. The highest BCUT2D eigenvalue weighted by molar-refractivity contribution is 7.80. The monoisotopic (exact) mass is 232 g/mol. The molecule has 1 aromatic heterocycles. The molecule has 0 spiro atoms. The number of thiol groups is 1. The van der Waals surface area contributed by atoms with Crippen LogP contribution in [0.25, 0.3) is 11.4 Å². The Morgan fingerprint density at radius 3 is 2.88 bits per heavy atom. The van der Waals surface area contributed by atoms with Gasteiger partial charge in [0.15, 0.2) is 0 Å². The summed E-state index contributed by atoms with van der Waals surface area (Å²) in [6.45, 7) is 5.25. The average Bonchev–Trinajstić information content (AvgIpc) is 2.71. The first-order chi connectivity index (χ1) is 7.72. The highest BCUT2D eigenvalue weighted by Crippen LogP contribution is 2.22. The molecule has 0 amide bonds. The van der Waals surface area contributed by atoms with E-state index in [4.69, 9.17) is 0 Å². The van der Waals surface area contributed by atoms with Crippen LogP contribution < -0.4 is 0 Å².